The molecule has 1 rings (SSSR count). The van der Waals surface area contributed by atoms with Gasteiger partial charge in [-0.05, 0) is 58.6 Å². The second-order valence-electron chi connectivity index (χ2n) is 10.3. The molecule has 0 aliphatic heterocycles. The van der Waals surface area contributed by atoms with E-state index in [2.05, 4.69) is 24.5 Å². The minimum Gasteiger partial charge on any atom is -0.444 e. The van der Waals surface area contributed by atoms with Gasteiger partial charge in [0.1, 0.15) is 18.2 Å². The zero-order valence-corrected chi connectivity index (χ0v) is 23.0. The monoisotopic (exact) mass is 489 g/mol. The van der Waals surface area contributed by atoms with Crippen LogP contribution in [0.2, 0.25) is 0 Å². The molecule has 35 heavy (non-hydrogen) atoms. The predicted molar refractivity (Wildman–Crippen MR) is 141 cm³/mol. The van der Waals surface area contributed by atoms with Gasteiger partial charge in [0, 0.05) is 13.1 Å². The summed E-state index contributed by atoms with van der Waals surface area (Å²) in [7, 11) is 0. The lowest BCUT2D eigenvalue weighted by atomic mass is 9.96. The number of rotatable bonds is 14. The van der Waals surface area contributed by atoms with E-state index in [9.17, 15) is 14.4 Å². The molecule has 7 nitrogen and oxygen atoms in total. The third-order valence-electron chi connectivity index (χ3n) is 5.72. The molecule has 3 amide bonds. The van der Waals surface area contributed by atoms with Crippen LogP contribution in [0.4, 0.5) is 4.79 Å². The van der Waals surface area contributed by atoms with Gasteiger partial charge in [-0.2, -0.15) is 0 Å². The molecule has 0 aliphatic carbocycles. The molecule has 0 spiro atoms. The quantitative estimate of drug-likeness (QED) is 0.334. The first kappa shape index (κ1) is 30.5. The number of carbonyl (C=O) groups is 3. The number of alkyl carbamates (subject to hydrolysis) is 1. The van der Waals surface area contributed by atoms with E-state index in [0.29, 0.717) is 13.1 Å². The molecule has 1 aromatic carbocycles. The SMILES string of the molecule is CCCCCCCN(C(=O)CNC(=O)OC(C)(C)C)C(C(=O)NCCCC)c1ccc(C)cc1C. The first-order valence-electron chi connectivity index (χ1n) is 13.1. The van der Waals surface area contributed by atoms with E-state index in [-0.39, 0.29) is 18.4 Å². The van der Waals surface area contributed by atoms with Crippen molar-refractivity contribution < 1.29 is 19.1 Å². The van der Waals surface area contributed by atoms with Crippen LogP contribution in [0.25, 0.3) is 0 Å². The molecule has 0 heterocycles. The minimum atomic E-state index is -0.758. The number of nitrogens with one attached hydrogen (secondary N) is 2. The van der Waals surface area contributed by atoms with Crippen LogP contribution in [-0.2, 0) is 14.3 Å². The van der Waals surface area contributed by atoms with Crippen molar-refractivity contribution in [2.24, 2.45) is 0 Å². The fourth-order valence-corrected chi connectivity index (χ4v) is 3.92. The Morgan fingerprint density at radius 3 is 2.20 bits per heavy atom. The number of hydrogen-bond acceptors (Lipinski definition) is 4. The fourth-order valence-electron chi connectivity index (χ4n) is 3.92. The second-order valence-corrected chi connectivity index (χ2v) is 10.3. The Bertz CT molecular complexity index is 817. The fraction of sp³-hybridized carbons (Fsp3) is 0.679. The Morgan fingerprint density at radius 2 is 1.60 bits per heavy atom. The summed E-state index contributed by atoms with van der Waals surface area (Å²) in [5.41, 5.74) is 2.21. The molecule has 0 fully saturated rings. The summed E-state index contributed by atoms with van der Waals surface area (Å²) in [4.78, 5) is 40.7. The van der Waals surface area contributed by atoms with Gasteiger partial charge < -0.3 is 20.3 Å². The Hall–Kier alpha value is -2.57. The summed E-state index contributed by atoms with van der Waals surface area (Å²) < 4.78 is 5.28. The van der Waals surface area contributed by atoms with Crippen LogP contribution in [0.1, 0.15) is 102 Å². The largest absolute Gasteiger partial charge is 0.444 e. The van der Waals surface area contributed by atoms with E-state index < -0.39 is 17.7 Å². The average Bonchev–Trinajstić information content (AvgIpc) is 2.76. The van der Waals surface area contributed by atoms with Crippen molar-refractivity contribution in [1.29, 1.82) is 0 Å². The van der Waals surface area contributed by atoms with Gasteiger partial charge in [-0.25, -0.2) is 4.79 Å². The highest BCUT2D eigenvalue weighted by molar-refractivity contribution is 5.90. The lowest BCUT2D eigenvalue weighted by Crippen LogP contribution is -2.48. The van der Waals surface area contributed by atoms with Crippen molar-refractivity contribution in [3.05, 3.63) is 34.9 Å². The number of ether oxygens (including phenoxy) is 1. The van der Waals surface area contributed by atoms with Gasteiger partial charge in [0.2, 0.25) is 11.8 Å². The van der Waals surface area contributed by atoms with Gasteiger partial charge in [0.25, 0.3) is 0 Å². The van der Waals surface area contributed by atoms with E-state index in [4.69, 9.17) is 4.74 Å². The number of benzene rings is 1. The van der Waals surface area contributed by atoms with Gasteiger partial charge in [0.15, 0.2) is 0 Å². The molecule has 2 N–H and O–H groups in total. The number of unbranched alkanes of at least 4 members (excludes halogenated alkanes) is 5. The highest BCUT2D eigenvalue weighted by Crippen LogP contribution is 2.26. The standard InChI is InChI=1S/C28H47N3O4/c1-8-10-12-13-14-18-31(24(32)20-30-27(34)35-28(5,6)7)25(26(33)29-17-11-9-2)23-16-15-21(3)19-22(23)4/h15-16,19,25H,8-14,17-18,20H2,1-7H3,(H,29,33)(H,30,34). The molecule has 1 aromatic rings. The summed E-state index contributed by atoms with van der Waals surface area (Å²) in [6, 6.07) is 5.18. The van der Waals surface area contributed by atoms with Crippen LogP contribution in [0.3, 0.4) is 0 Å². The van der Waals surface area contributed by atoms with Crippen molar-refractivity contribution in [2.75, 3.05) is 19.6 Å². The third-order valence-corrected chi connectivity index (χ3v) is 5.72. The summed E-state index contributed by atoms with van der Waals surface area (Å²) in [6.07, 6.45) is 6.33. The third kappa shape index (κ3) is 11.6. The molecular formula is C28H47N3O4. The lowest BCUT2D eigenvalue weighted by molar-refractivity contribution is -0.140. The van der Waals surface area contributed by atoms with E-state index >= 15 is 0 Å². The molecule has 0 bridgehead atoms. The molecule has 0 radical (unpaired) electrons. The van der Waals surface area contributed by atoms with E-state index in [1.165, 1.54) is 0 Å². The Balaban J connectivity index is 3.20. The zero-order chi connectivity index (χ0) is 26.4. The van der Waals surface area contributed by atoms with Crippen LogP contribution >= 0.6 is 0 Å². The number of hydrogen-bond donors (Lipinski definition) is 2. The minimum absolute atomic E-state index is 0.190. The summed E-state index contributed by atoms with van der Waals surface area (Å²) in [5, 5.41) is 5.59. The van der Waals surface area contributed by atoms with E-state index in [1.807, 2.05) is 32.0 Å². The van der Waals surface area contributed by atoms with Gasteiger partial charge in [-0.1, -0.05) is 69.7 Å². The topological polar surface area (TPSA) is 87.7 Å². The molecular weight excluding hydrogens is 442 g/mol. The maximum absolute atomic E-state index is 13.4. The maximum Gasteiger partial charge on any atom is 0.408 e. The zero-order valence-electron chi connectivity index (χ0n) is 23.0. The van der Waals surface area contributed by atoms with Crippen LogP contribution in [0, 0.1) is 13.8 Å². The summed E-state index contributed by atoms with van der Waals surface area (Å²) in [5.74, 6) is -0.494. The summed E-state index contributed by atoms with van der Waals surface area (Å²) in [6.45, 7) is 14.3. The van der Waals surface area contributed by atoms with Gasteiger partial charge in [-0.15, -0.1) is 0 Å². The highest BCUT2D eigenvalue weighted by atomic mass is 16.6. The first-order valence-corrected chi connectivity index (χ1v) is 13.1. The smallest absolute Gasteiger partial charge is 0.408 e. The summed E-state index contributed by atoms with van der Waals surface area (Å²) >= 11 is 0. The highest BCUT2D eigenvalue weighted by Gasteiger charge is 2.32. The van der Waals surface area contributed by atoms with Crippen LogP contribution < -0.4 is 10.6 Å². The van der Waals surface area contributed by atoms with Crippen LogP contribution in [0.5, 0.6) is 0 Å². The van der Waals surface area contributed by atoms with E-state index in [1.54, 1.807) is 25.7 Å². The first-order chi connectivity index (χ1) is 16.5. The maximum atomic E-state index is 13.4. The predicted octanol–water partition coefficient (Wildman–Crippen LogP) is 5.58. The van der Waals surface area contributed by atoms with Crippen LogP contribution in [0.15, 0.2) is 18.2 Å². The molecule has 1 unspecified atom stereocenters. The normalized spacial score (nSPS) is 12.1. The van der Waals surface area contributed by atoms with E-state index in [0.717, 1.165) is 61.6 Å². The van der Waals surface area contributed by atoms with Crippen molar-refractivity contribution in [3.63, 3.8) is 0 Å². The Kier molecular flexibility index (Phi) is 13.4. The Morgan fingerprint density at radius 1 is 0.943 bits per heavy atom. The van der Waals surface area contributed by atoms with Gasteiger partial charge >= 0.3 is 6.09 Å². The van der Waals surface area contributed by atoms with Crippen molar-refractivity contribution >= 4 is 17.9 Å². The van der Waals surface area contributed by atoms with Gasteiger partial charge in [-0.3, -0.25) is 9.59 Å². The molecule has 1 atom stereocenters. The van der Waals surface area contributed by atoms with Crippen molar-refractivity contribution in [1.82, 2.24) is 15.5 Å². The molecule has 0 aromatic heterocycles. The molecule has 7 heteroatoms. The average molecular weight is 490 g/mol. The molecule has 0 saturated carbocycles. The number of aryl methyl sites for hydroxylation is 2. The van der Waals surface area contributed by atoms with Crippen LogP contribution in [-0.4, -0.2) is 48.0 Å². The molecule has 198 valence electrons. The molecule has 0 aliphatic rings. The Labute approximate surface area is 212 Å². The molecule has 0 saturated heterocycles. The number of amides is 3. The number of carbonyl (C=O) groups excluding carboxylic acids is 3. The van der Waals surface area contributed by atoms with Gasteiger partial charge in [0.05, 0.1) is 0 Å². The second kappa shape index (κ2) is 15.4. The van der Waals surface area contributed by atoms with Crippen molar-refractivity contribution in [2.45, 2.75) is 105 Å². The lowest BCUT2D eigenvalue weighted by Gasteiger charge is -2.33. The van der Waals surface area contributed by atoms with Crippen molar-refractivity contribution in [3.8, 4) is 0 Å². The number of nitrogens with zero attached hydrogens (tertiary/aromatic N) is 1.